The number of nitrogens with one attached hydrogen (secondary N) is 1. The van der Waals surface area contributed by atoms with Crippen molar-refractivity contribution in [2.45, 2.75) is 238 Å². The highest BCUT2D eigenvalue weighted by atomic mass is 16.2. The molecule has 292 valence electrons. The first-order valence-corrected chi connectivity index (χ1v) is 22.1. The van der Waals surface area contributed by atoms with Crippen LogP contribution in [-0.4, -0.2) is 48.9 Å². The van der Waals surface area contributed by atoms with Crippen molar-refractivity contribution in [2.24, 2.45) is 11.5 Å². The molecule has 6 nitrogen and oxygen atoms in total. The largest absolute Gasteiger partial charge is 0.368 e. The van der Waals surface area contributed by atoms with Gasteiger partial charge in [-0.3, -0.25) is 9.59 Å². The molecule has 6 heteroatoms. The number of primary amides is 1. The predicted molar refractivity (Wildman–Crippen MR) is 215 cm³/mol. The SMILES string of the molecule is CCCCCCCCCCCCCCCCCCNCCC[C@H](N)C(=O)N(CCCCCCCCCCCCCCCCCC)CC(N)=O. The Labute approximate surface area is 306 Å². The monoisotopic (exact) mass is 693 g/mol. The summed E-state index contributed by atoms with van der Waals surface area (Å²) < 4.78 is 0. The number of hydrogen-bond donors (Lipinski definition) is 3. The molecular formula is C43H88N4O2. The smallest absolute Gasteiger partial charge is 0.239 e. The molecule has 0 saturated heterocycles. The van der Waals surface area contributed by atoms with E-state index in [9.17, 15) is 9.59 Å². The minimum atomic E-state index is -0.558. The molecule has 49 heavy (non-hydrogen) atoms. The highest BCUT2D eigenvalue weighted by molar-refractivity contribution is 5.86. The lowest BCUT2D eigenvalue weighted by molar-refractivity contribution is -0.136. The maximum Gasteiger partial charge on any atom is 0.239 e. The van der Waals surface area contributed by atoms with E-state index >= 15 is 0 Å². The Morgan fingerprint density at radius 2 is 0.776 bits per heavy atom. The topological polar surface area (TPSA) is 101 Å². The van der Waals surface area contributed by atoms with Gasteiger partial charge in [-0.15, -0.1) is 0 Å². The number of carbonyl (C=O) groups excluding carboxylic acids is 2. The predicted octanol–water partition coefficient (Wildman–Crippen LogP) is 11.5. The van der Waals surface area contributed by atoms with Gasteiger partial charge in [0.1, 0.15) is 0 Å². The van der Waals surface area contributed by atoms with E-state index < -0.39 is 11.9 Å². The molecular weight excluding hydrogens is 604 g/mol. The van der Waals surface area contributed by atoms with Crippen LogP contribution < -0.4 is 16.8 Å². The maximum absolute atomic E-state index is 13.0. The zero-order valence-corrected chi connectivity index (χ0v) is 33.4. The van der Waals surface area contributed by atoms with E-state index in [1.165, 1.54) is 193 Å². The van der Waals surface area contributed by atoms with Crippen molar-refractivity contribution in [3.8, 4) is 0 Å². The van der Waals surface area contributed by atoms with Crippen LogP contribution in [-0.2, 0) is 9.59 Å². The molecule has 0 aliphatic rings. The lowest BCUT2D eigenvalue weighted by Gasteiger charge is -2.24. The molecule has 1 atom stereocenters. The minimum Gasteiger partial charge on any atom is -0.368 e. The van der Waals surface area contributed by atoms with Crippen molar-refractivity contribution in [2.75, 3.05) is 26.2 Å². The average Bonchev–Trinajstić information content (AvgIpc) is 3.09. The summed E-state index contributed by atoms with van der Waals surface area (Å²) in [5.41, 5.74) is 11.7. The van der Waals surface area contributed by atoms with Gasteiger partial charge in [0.2, 0.25) is 11.8 Å². The van der Waals surface area contributed by atoms with Gasteiger partial charge in [0.05, 0.1) is 12.6 Å². The standard InChI is InChI=1S/C43H88N4O2/c1-3-5-7-9-11-13-15-17-19-21-23-25-27-29-31-33-37-46-38-35-36-41(44)43(49)47(40-42(45)48)39-34-32-30-28-26-24-22-20-18-16-14-12-10-8-6-4-2/h41,46H,3-40,44H2,1-2H3,(H2,45,48)/t41-/m0/s1. The van der Waals surface area contributed by atoms with Crippen LogP contribution in [0.4, 0.5) is 0 Å². The van der Waals surface area contributed by atoms with Gasteiger partial charge in [0.15, 0.2) is 0 Å². The fourth-order valence-electron chi connectivity index (χ4n) is 7.03. The Hall–Kier alpha value is -1.14. The number of rotatable bonds is 41. The first kappa shape index (κ1) is 47.9. The molecule has 0 aromatic heterocycles. The molecule has 0 rings (SSSR count). The molecule has 0 heterocycles. The number of hydrogen-bond acceptors (Lipinski definition) is 4. The van der Waals surface area contributed by atoms with Crippen molar-refractivity contribution in [1.82, 2.24) is 10.2 Å². The van der Waals surface area contributed by atoms with Crippen LogP contribution in [0, 0.1) is 0 Å². The number of unbranched alkanes of at least 4 members (excludes halogenated alkanes) is 30. The van der Waals surface area contributed by atoms with Crippen LogP contribution in [0.1, 0.15) is 232 Å². The Morgan fingerprint density at radius 1 is 0.469 bits per heavy atom. The zero-order valence-electron chi connectivity index (χ0n) is 33.4. The molecule has 0 fully saturated rings. The molecule has 5 N–H and O–H groups in total. The quantitative estimate of drug-likeness (QED) is 0.0555. The number of nitrogens with zero attached hydrogens (tertiary/aromatic N) is 1. The van der Waals surface area contributed by atoms with Crippen molar-refractivity contribution in [3.05, 3.63) is 0 Å². The molecule has 0 bridgehead atoms. The minimum absolute atomic E-state index is 0.0250. The van der Waals surface area contributed by atoms with Gasteiger partial charge in [-0.05, 0) is 38.8 Å². The summed E-state index contributed by atoms with van der Waals surface area (Å²) in [6.07, 6.45) is 44.8. The molecule has 0 radical (unpaired) electrons. The van der Waals surface area contributed by atoms with Gasteiger partial charge < -0.3 is 21.7 Å². The van der Waals surface area contributed by atoms with Crippen molar-refractivity contribution >= 4 is 11.8 Å². The summed E-state index contributed by atoms with van der Waals surface area (Å²) >= 11 is 0. The molecule has 2 amide bonds. The third-order valence-electron chi connectivity index (χ3n) is 10.3. The second-order valence-corrected chi connectivity index (χ2v) is 15.3. The van der Waals surface area contributed by atoms with Gasteiger partial charge >= 0.3 is 0 Å². The van der Waals surface area contributed by atoms with Crippen LogP contribution in [0.2, 0.25) is 0 Å². The maximum atomic E-state index is 13.0. The number of amides is 2. The first-order chi connectivity index (χ1) is 24.0. The van der Waals surface area contributed by atoms with Crippen LogP contribution in [0.5, 0.6) is 0 Å². The van der Waals surface area contributed by atoms with Crippen molar-refractivity contribution in [1.29, 1.82) is 0 Å². The summed E-state index contributed by atoms with van der Waals surface area (Å²) in [7, 11) is 0. The zero-order chi connectivity index (χ0) is 35.9. The first-order valence-electron chi connectivity index (χ1n) is 22.1. The van der Waals surface area contributed by atoms with E-state index in [2.05, 4.69) is 19.2 Å². The fraction of sp³-hybridized carbons (Fsp3) is 0.953. The lowest BCUT2D eigenvalue weighted by atomic mass is 10.0. The molecule has 0 aliphatic carbocycles. The van der Waals surface area contributed by atoms with Crippen molar-refractivity contribution < 1.29 is 9.59 Å². The Balaban J connectivity index is 3.66. The Morgan fingerprint density at radius 3 is 1.12 bits per heavy atom. The highest BCUT2D eigenvalue weighted by Gasteiger charge is 2.21. The molecule has 0 aliphatic heterocycles. The van der Waals surface area contributed by atoms with Gasteiger partial charge in [-0.2, -0.15) is 0 Å². The van der Waals surface area contributed by atoms with Crippen LogP contribution in [0.3, 0.4) is 0 Å². The average molecular weight is 693 g/mol. The number of nitrogens with two attached hydrogens (primary N) is 2. The summed E-state index contributed by atoms with van der Waals surface area (Å²) in [4.78, 5) is 26.2. The fourth-order valence-corrected chi connectivity index (χ4v) is 7.03. The summed E-state index contributed by atoms with van der Waals surface area (Å²) in [5, 5.41) is 3.52. The van der Waals surface area contributed by atoms with Gasteiger partial charge in [-0.1, -0.05) is 206 Å². The van der Waals surface area contributed by atoms with E-state index in [4.69, 9.17) is 11.5 Å². The van der Waals surface area contributed by atoms with Crippen molar-refractivity contribution in [3.63, 3.8) is 0 Å². The molecule has 0 aromatic carbocycles. The molecule has 0 spiro atoms. The summed E-state index contributed by atoms with van der Waals surface area (Å²) in [6, 6.07) is -0.558. The lowest BCUT2D eigenvalue weighted by Crippen LogP contribution is -2.47. The van der Waals surface area contributed by atoms with Gasteiger partial charge in [-0.25, -0.2) is 0 Å². The van der Waals surface area contributed by atoms with Crippen LogP contribution in [0.15, 0.2) is 0 Å². The van der Waals surface area contributed by atoms with E-state index in [0.29, 0.717) is 13.0 Å². The second kappa shape index (κ2) is 39.6. The number of carbonyl (C=O) groups is 2. The van der Waals surface area contributed by atoms with E-state index in [1.54, 1.807) is 4.90 Å². The normalized spacial score (nSPS) is 12.1. The van der Waals surface area contributed by atoms with Crippen LogP contribution >= 0.6 is 0 Å². The summed E-state index contributed by atoms with van der Waals surface area (Å²) in [5.74, 6) is -0.588. The third-order valence-corrected chi connectivity index (χ3v) is 10.3. The summed E-state index contributed by atoms with van der Waals surface area (Å²) in [6.45, 7) is 7.04. The van der Waals surface area contributed by atoms with E-state index in [0.717, 1.165) is 32.4 Å². The van der Waals surface area contributed by atoms with E-state index in [1.807, 2.05) is 0 Å². The Kier molecular flexibility index (Phi) is 38.7. The molecule has 0 saturated carbocycles. The van der Waals surface area contributed by atoms with Gasteiger partial charge in [0.25, 0.3) is 0 Å². The van der Waals surface area contributed by atoms with E-state index in [-0.39, 0.29) is 12.5 Å². The van der Waals surface area contributed by atoms with Gasteiger partial charge in [0, 0.05) is 6.54 Å². The van der Waals surface area contributed by atoms with Crippen LogP contribution in [0.25, 0.3) is 0 Å². The highest BCUT2D eigenvalue weighted by Crippen LogP contribution is 2.15. The molecule has 0 unspecified atom stereocenters. The third kappa shape index (κ3) is 36.5. The second-order valence-electron chi connectivity index (χ2n) is 15.3. The molecule has 0 aromatic rings. The Bertz CT molecular complexity index is 689.